The second-order valence-corrected chi connectivity index (χ2v) is 5.84. The summed E-state index contributed by atoms with van der Waals surface area (Å²) < 4.78 is 16.3. The molecule has 0 aromatic heterocycles. The molecule has 1 atom stereocenters. The van der Waals surface area contributed by atoms with Crippen LogP contribution in [0.1, 0.15) is 0 Å². The maximum absolute atomic E-state index is 12.5. The van der Waals surface area contributed by atoms with Crippen LogP contribution in [0.15, 0.2) is 48.5 Å². The van der Waals surface area contributed by atoms with Crippen LogP contribution in [-0.2, 0) is 9.59 Å². The van der Waals surface area contributed by atoms with Crippen molar-refractivity contribution < 1.29 is 23.8 Å². The van der Waals surface area contributed by atoms with Crippen LogP contribution in [-0.4, -0.2) is 50.1 Å². The van der Waals surface area contributed by atoms with Gasteiger partial charge in [-0.2, -0.15) is 0 Å². The Bertz CT molecular complexity index is 808. The molecule has 1 unspecified atom stereocenters. The minimum atomic E-state index is -0.778. The summed E-state index contributed by atoms with van der Waals surface area (Å²) in [5.41, 5.74) is 0.598. The number of amides is 2. The zero-order valence-electron chi connectivity index (χ0n) is 14.6. The molecule has 2 amide bonds. The number of likely N-dealkylation sites (N-methyl/N-ethyl adjacent to an activating group) is 1. The number of rotatable bonds is 5. The number of nitrogens with one attached hydrogen (secondary N) is 1. The van der Waals surface area contributed by atoms with E-state index in [0.29, 0.717) is 22.9 Å². The Balaban J connectivity index is 1.56. The highest BCUT2D eigenvalue weighted by Gasteiger charge is 2.30. The monoisotopic (exact) mass is 356 g/mol. The van der Waals surface area contributed by atoms with Crippen molar-refractivity contribution in [2.24, 2.45) is 0 Å². The standard InChI is InChI=1S/C19H20N2O5/c1-21(11-18(22)20-13-6-5-7-14(10-13)24-2)19(23)17-12-25-15-8-3-4-9-16(15)26-17/h3-10,17H,11-12H2,1-2H3,(H,20,22). The fraction of sp³-hybridized carbons (Fsp3) is 0.263. The fourth-order valence-electron chi connectivity index (χ4n) is 2.58. The first-order valence-corrected chi connectivity index (χ1v) is 8.14. The van der Waals surface area contributed by atoms with Crippen molar-refractivity contribution >= 4 is 17.5 Å². The molecule has 0 spiro atoms. The average molecular weight is 356 g/mol. The average Bonchev–Trinajstić information content (AvgIpc) is 2.67. The van der Waals surface area contributed by atoms with E-state index in [1.807, 2.05) is 6.07 Å². The molecule has 0 radical (unpaired) electrons. The molecular weight excluding hydrogens is 336 g/mol. The number of fused-ring (bicyclic) bond motifs is 1. The van der Waals surface area contributed by atoms with Gasteiger partial charge in [0, 0.05) is 18.8 Å². The second kappa shape index (κ2) is 7.77. The summed E-state index contributed by atoms with van der Waals surface area (Å²) in [4.78, 5) is 26.0. The molecule has 0 aliphatic carbocycles. The van der Waals surface area contributed by atoms with E-state index in [1.165, 1.54) is 4.90 Å². The normalized spacial score (nSPS) is 15.1. The van der Waals surface area contributed by atoms with Crippen LogP contribution in [0.3, 0.4) is 0 Å². The number of carbonyl (C=O) groups excluding carboxylic acids is 2. The number of benzene rings is 2. The summed E-state index contributed by atoms with van der Waals surface area (Å²) in [6.07, 6.45) is -0.778. The molecule has 0 bridgehead atoms. The summed E-state index contributed by atoms with van der Waals surface area (Å²) in [6.45, 7) is 0.00917. The Morgan fingerprint density at radius 1 is 1.19 bits per heavy atom. The van der Waals surface area contributed by atoms with Gasteiger partial charge in [0.05, 0.1) is 13.7 Å². The first-order valence-electron chi connectivity index (χ1n) is 8.14. The van der Waals surface area contributed by atoms with Gasteiger partial charge >= 0.3 is 0 Å². The van der Waals surface area contributed by atoms with Crippen LogP contribution in [0.25, 0.3) is 0 Å². The third kappa shape index (κ3) is 4.05. The lowest BCUT2D eigenvalue weighted by Gasteiger charge is -2.28. The molecule has 0 saturated carbocycles. The number of para-hydroxylation sites is 2. The van der Waals surface area contributed by atoms with E-state index in [1.54, 1.807) is 56.6 Å². The Morgan fingerprint density at radius 2 is 1.96 bits per heavy atom. The van der Waals surface area contributed by atoms with Gasteiger partial charge in [0.2, 0.25) is 12.0 Å². The molecule has 0 saturated heterocycles. The molecule has 1 heterocycles. The third-order valence-electron chi connectivity index (χ3n) is 3.89. The highest BCUT2D eigenvalue weighted by molar-refractivity contribution is 5.95. The van der Waals surface area contributed by atoms with E-state index in [9.17, 15) is 9.59 Å². The molecule has 2 aromatic carbocycles. The summed E-state index contributed by atoms with van der Waals surface area (Å²) in [5.74, 6) is 1.13. The Morgan fingerprint density at radius 3 is 2.73 bits per heavy atom. The van der Waals surface area contributed by atoms with Gasteiger partial charge in [0.1, 0.15) is 12.4 Å². The molecule has 7 nitrogen and oxygen atoms in total. The van der Waals surface area contributed by atoms with Crippen LogP contribution in [0, 0.1) is 0 Å². The lowest BCUT2D eigenvalue weighted by molar-refractivity contribution is -0.141. The van der Waals surface area contributed by atoms with Gasteiger partial charge in [-0.1, -0.05) is 18.2 Å². The van der Waals surface area contributed by atoms with E-state index in [4.69, 9.17) is 14.2 Å². The van der Waals surface area contributed by atoms with Gasteiger partial charge < -0.3 is 24.4 Å². The maximum atomic E-state index is 12.5. The van der Waals surface area contributed by atoms with Gasteiger partial charge in [-0.15, -0.1) is 0 Å². The predicted octanol–water partition coefficient (Wildman–Crippen LogP) is 1.93. The van der Waals surface area contributed by atoms with Crippen LogP contribution in [0.5, 0.6) is 17.2 Å². The molecule has 7 heteroatoms. The lowest BCUT2D eigenvalue weighted by Crippen LogP contribution is -2.47. The summed E-state index contributed by atoms with van der Waals surface area (Å²) in [5, 5.41) is 2.74. The lowest BCUT2D eigenvalue weighted by atomic mass is 10.2. The molecule has 1 aliphatic rings. The smallest absolute Gasteiger partial charge is 0.267 e. The number of methoxy groups -OCH3 is 1. The summed E-state index contributed by atoms with van der Waals surface area (Å²) in [7, 11) is 3.11. The quantitative estimate of drug-likeness (QED) is 0.886. The molecule has 2 aromatic rings. The predicted molar refractivity (Wildman–Crippen MR) is 95.6 cm³/mol. The van der Waals surface area contributed by atoms with Crippen LogP contribution < -0.4 is 19.5 Å². The van der Waals surface area contributed by atoms with Crippen LogP contribution in [0.2, 0.25) is 0 Å². The van der Waals surface area contributed by atoms with Crippen molar-refractivity contribution in [3.05, 3.63) is 48.5 Å². The molecule has 1 N–H and O–H groups in total. The molecule has 3 rings (SSSR count). The number of hydrogen-bond donors (Lipinski definition) is 1. The van der Waals surface area contributed by atoms with E-state index >= 15 is 0 Å². The van der Waals surface area contributed by atoms with E-state index in [2.05, 4.69) is 5.32 Å². The molecule has 136 valence electrons. The molecule has 0 fully saturated rings. The Kier molecular flexibility index (Phi) is 5.26. The highest BCUT2D eigenvalue weighted by Crippen LogP contribution is 2.31. The SMILES string of the molecule is COc1cccc(NC(=O)CN(C)C(=O)C2COc3ccccc3O2)c1. The first kappa shape index (κ1) is 17.6. The molecule has 26 heavy (non-hydrogen) atoms. The number of ether oxygens (including phenoxy) is 3. The van der Waals surface area contributed by atoms with Crippen molar-refractivity contribution in [1.29, 1.82) is 0 Å². The van der Waals surface area contributed by atoms with Crippen LogP contribution >= 0.6 is 0 Å². The first-order chi connectivity index (χ1) is 12.6. The van der Waals surface area contributed by atoms with Crippen molar-refractivity contribution in [1.82, 2.24) is 4.90 Å². The zero-order valence-corrected chi connectivity index (χ0v) is 14.6. The topological polar surface area (TPSA) is 77.1 Å². The Hall–Kier alpha value is -3.22. The van der Waals surface area contributed by atoms with Crippen molar-refractivity contribution in [3.8, 4) is 17.2 Å². The number of hydrogen-bond acceptors (Lipinski definition) is 5. The summed E-state index contributed by atoms with van der Waals surface area (Å²) in [6, 6.07) is 14.2. The highest BCUT2D eigenvalue weighted by atomic mass is 16.6. The van der Waals surface area contributed by atoms with E-state index in [-0.39, 0.29) is 25.0 Å². The largest absolute Gasteiger partial charge is 0.497 e. The number of anilines is 1. The van der Waals surface area contributed by atoms with Gasteiger partial charge in [0.15, 0.2) is 11.5 Å². The number of nitrogens with zero attached hydrogens (tertiary/aromatic N) is 1. The van der Waals surface area contributed by atoms with Gasteiger partial charge in [0.25, 0.3) is 5.91 Å². The second-order valence-electron chi connectivity index (χ2n) is 5.84. The maximum Gasteiger partial charge on any atom is 0.267 e. The van der Waals surface area contributed by atoms with Crippen LogP contribution in [0.4, 0.5) is 5.69 Å². The van der Waals surface area contributed by atoms with Crippen molar-refractivity contribution in [3.63, 3.8) is 0 Å². The van der Waals surface area contributed by atoms with Crippen molar-refractivity contribution in [2.75, 3.05) is 32.6 Å². The van der Waals surface area contributed by atoms with Gasteiger partial charge in [-0.3, -0.25) is 9.59 Å². The van der Waals surface area contributed by atoms with Gasteiger partial charge in [-0.05, 0) is 24.3 Å². The minimum Gasteiger partial charge on any atom is -0.497 e. The molecular formula is C19H20N2O5. The number of carbonyl (C=O) groups is 2. The van der Waals surface area contributed by atoms with E-state index < -0.39 is 6.10 Å². The summed E-state index contributed by atoms with van der Waals surface area (Å²) >= 11 is 0. The van der Waals surface area contributed by atoms with Gasteiger partial charge in [-0.25, -0.2) is 0 Å². The zero-order chi connectivity index (χ0) is 18.5. The fourth-order valence-corrected chi connectivity index (χ4v) is 2.58. The molecule has 1 aliphatic heterocycles. The Labute approximate surface area is 151 Å². The minimum absolute atomic E-state index is 0.0997. The van der Waals surface area contributed by atoms with Crippen molar-refractivity contribution in [2.45, 2.75) is 6.10 Å². The van der Waals surface area contributed by atoms with E-state index in [0.717, 1.165) is 0 Å². The third-order valence-corrected chi connectivity index (χ3v) is 3.89.